The molecule has 4 aromatic rings. The van der Waals surface area contributed by atoms with E-state index in [0.717, 1.165) is 27.3 Å². The zero-order valence-corrected chi connectivity index (χ0v) is 17.5. The minimum Gasteiger partial charge on any atom is -0.352 e. The third-order valence-corrected chi connectivity index (χ3v) is 5.71. The first-order valence-corrected chi connectivity index (χ1v) is 10.5. The van der Waals surface area contributed by atoms with Crippen molar-refractivity contribution >= 4 is 28.3 Å². The number of aryl methyl sites for hydroxylation is 1. The molecule has 0 bridgehead atoms. The smallest absolute Gasteiger partial charge is 0.252 e. The summed E-state index contributed by atoms with van der Waals surface area (Å²) in [5, 5.41) is 8.26. The van der Waals surface area contributed by atoms with Gasteiger partial charge in [-0.25, -0.2) is 9.67 Å². The molecular formula is C22H23N5OS. The molecule has 0 aliphatic carbocycles. The van der Waals surface area contributed by atoms with E-state index in [2.05, 4.69) is 42.2 Å². The molecule has 0 aliphatic rings. The van der Waals surface area contributed by atoms with Crippen LogP contribution in [-0.2, 0) is 6.42 Å². The Hall–Kier alpha value is -3.06. The van der Waals surface area contributed by atoms with Crippen LogP contribution in [0.25, 0.3) is 21.6 Å². The number of nitrogens with zero attached hydrogens (tertiary/aromatic N) is 4. The molecule has 7 heteroatoms. The number of hydrogen-bond donors (Lipinski definition) is 1. The van der Waals surface area contributed by atoms with Crippen molar-refractivity contribution in [2.24, 2.45) is 0 Å². The van der Waals surface area contributed by atoms with Gasteiger partial charge >= 0.3 is 0 Å². The van der Waals surface area contributed by atoms with Crippen molar-refractivity contribution in [3.8, 4) is 10.6 Å². The molecule has 148 valence electrons. The van der Waals surface area contributed by atoms with Gasteiger partial charge in [0.05, 0.1) is 27.7 Å². The number of carbonyl (C=O) groups is 1. The molecule has 0 radical (unpaired) electrons. The summed E-state index contributed by atoms with van der Waals surface area (Å²) in [5.41, 5.74) is 3.09. The summed E-state index contributed by atoms with van der Waals surface area (Å²) >= 11 is 1.67. The molecule has 4 heterocycles. The Morgan fingerprint density at radius 3 is 2.79 bits per heavy atom. The van der Waals surface area contributed by atoms with Crippen LogP contribution in [0.1, 0.15) is 40.8 Å². The van der Waals surface area contributed by atoms with E-state index in [0.29, 0.717) is 18.5 Å². The fourth-order valence-electron chi connectivity index (χ4n) is 3.23. The number of thiophene rings is 1. The van der Waals surface area contributed by atoms with E-state index in [1.807, 2.05) is 35.0 Å². The van der Waals surface area contributed by atoms with Crippen LogP contribution in [0, 0.1) is 6.92 Å². The summed E-state index contributed by atoms with van der Waals surface area (Å²) in [4.78, 5) is 24.4. The van der Waals surface area contributed by atoms with Gasteiger partial charge in [0.25, 0.3) is 5.91 Å². The van der Waals surface area contributed by atoms with Gasteiger partial charge in [-0.2, -0.15) is 5.10 Å². The molecule has 0 spiro atoms. The summed E-state index contributed by atoms with van der Waals surface area (Å²) in [5.74, 6) is -0.119. The van der Waals surface area contributed by atoms with E-state index in [-0.39, 0.29) is 11.9 Å². The molecule has 29 heavy (non-hydrogen) atoms. The van der Waals surface area contributed by atoms with Crippen LogP contribution in [0.4, 0.5) is 0 Å². The fourth-order valence-corrected chi connectivity index (χ4v) is 4.06. The Morgan fingerprint density at radius 1 is 1.24 bits per heavy atom. The Morgan fingerprint density at radius 2 is 2.10 bits per heavy atom. The first kappa shape index (κ1) is 19.3. The summed E-state index contributed by atoms with van der Waals surface area (Å²) in [6.07, 6.45) is 4.18. The largest absolute Gasteiger partial charge is 0.352 e. The number of amides is 1. The normalized spacial score (nSPS) is 11.3. The molecule has 0 unspecified atom stereocenters. The van der Waals surface area contributed by atoms with Crippen molar-refractivity contribution in [1.29, 1.82) is 0 Å². The number of fused-ring (bicyclic) bond motifs is 1. The molecule has 0 atom stereocenters. The van der Waals surface area contributed by atoms with Crippen LogP contribution in [0.3, 0.4) is 0 Å². The van der Waals surface area contributed by atoms with Gasteiger partial charge in [-0.15, -0.1) is 11.3 Å². The van der Waals surface area contributed by atoms with E-state index in [4.69, 9.17) is 4.98 Å². The van der Waals surface area contributed by atoms with Crippen LogP contribution < -0.4 is 5.32 Å². The third-order valence-electron chi connectivity index (χ3n) is 4.69. The van der Waals surface area contributed by atoms with Crippen molar-refractivity contribution in [1.82, 2.24) is 25.1 Å². The molecule has 1 N–H and O–H groups in total. The van der Waals surface area contributed by atoms with Crippen molar-refractivity contribution < 1.29 is 4.79 Å². The highest BCUT2D eigenvalue weighted by molar-refractivity contribution is 7.15. The first-order chi connectivity index (χ1) is 14.0. The van der Waals surface area contributed by atoms with Gasteiger partial charge in [0, 0.05) is 35.8 Å². The zero-order valence-electron chi connectivity index (χ0n) is 16.7. The topological polar surface area (TPSA) is 72.7 Å². The minimum absolute atomic E-state index is 0.119. The summed E-state index contributed by atoms with van der Waals surface area (Å²) in [7, 11) is 0. The second-order valence-corrected chi connectivity index (χ2v) is 8.50. The van der Waals surface area contributed by atoms with Gasteiger partial charge in [0.1, 0.15) is 0 Å². The lowest BCUT2D eigenvalue weighted by molar-refractivity contribution is 0.0955. The van der Waals surface area contributed by atoms with Crippen LogP contribution in [0.5, 0.6) is 0 Å². The van der Waals surface area contributed by atoms with Crippen LogP contribution in [0.15, 0.2) is 48.8 Å². The molecule has 4 rings (SSSR count). The highest BCUT2D eigenvalue weighted by atomic mass is 32.1. The molecule has 0 aliphatic heterocycles. The van der Waals surface area contributed by atoms with Gasteiger partial charge in [0.15, 0.2) is 5.65 Å². The molecule has 0 saturated heterocycles. The zero-order chi connectivity index (χ0) is 20.4. The fraction of sp³-hybridized carbons (Fsp3) is 0.273. The quantitative estimate of drug-likeness (QED) is 0.515. The van der Waals surface area contributed by atoms with Gasteiger partial charge in [-0.3, -0.25) is 9.78 Å². The van der Waals surface area contributed by atoms with Crippen molar-refractivity contribution in [2.45, 2.75) is 33.2 Å². The lowest BCUT2D eigenvalue weighted by atomic mass is 10.1. The second kappa shape index (κ2) is 8.13. The minimum atomic E-state index is -0.119. The summed E-state index contributed by atoms with van der Waals surface area (Å²) < 4.78 is 1.87. The van der Waals surface area contributed by atoms with Crippen molar-refractivity contribution in [3.05, 3.63) is 64.9 Å². The third kappa shape index (κ3) is 4.05. The number of pyridine rings is 2. The second-order valence-electron chi connectivity index (χ2n) is 7.21. The van der Waals surface area contributed by atoms with E-state index in [1.54, 1.807) is 23.7 Å². The molecule has 0 fully saturated rings. The van der Waals surface area contributed by atoms with E-state index >= 15 is 0 Å². The Balaban J connectivity index is 1.67. The number of nitrogens with one attached hydrogen (secondary N) is 1. The van der Waals surface area contributed by atoms with E-state index in [1.165, 1.54) is 4.88 Å². The maximum atomic E-state index is 13.0. The number of carbonyl (C=O) groups excluding carboxylic acids is 1. The number of rotatable bonds is 6. The molecule has 4 aromatic heterocycles. The maximum absolute atomic E-state index is 13.0. The molecule has 6 nitrogen and oxygen atoms in total. The lowest BCUT2D eigenvalue weighted by Crippen LogP contribution is -2.26. The van der Waals surface area contributed by atoms with Gasteiger partial charge in [0.2, 0.25) is 0 Å². The highest BCUT2D eigenvalue weighted by Crippen LogP contribution is 2.30. The highest BCUT2D eigenvalue weighted by Gasteiger charge is 2.19. The SMILES string of the molecule is Cc1ccc(-c2cc(C(=O)NCCc3ccccn3)c3cnn(C(C)C)c3n2)s1. The predicted octanol–water partition coefficient (Wildman–Crippen LogP) is 4.42. The lowest BCUT2D eigenvalue weighted by Gasteiger charge is -2.10. The Bertz CT molecular complexity index is 1150. The summed E-state index contributed by atoms with van der Waals surface area (Å²) in [6, 6.07) is 11.9. The molecule has 0 saturated carbocycles. The molecular weight excluding hydrogens is 382 g/mol. The first-order valence-electron chi connectivity index (χ1n) is 9.66. The van der Waals surface area contributed by atoms with E-state index < -0.39 is 0 Å². The Labute approximate surface area is 173 Å². The van der Waals surface area contributed by atoms with Crippen molar-refractivity contribution in [3.63, 3.8) is 0 Å². The van der Waals surface area contributed by atoms with Gasteiger partial charge in [-0.1, -0.05) is 6.07 Å². The predicted molar refractivity (Wildman–Crippen MR) is 116 cm³/mol. The van der Waals surface area contributed by atoms with Crippen molar-refractivity contribution in [2.75, 3.05) is 6.54 Å². The average molecular weight is 406 g/mol. The standard InChI is InChI=1S/C22H23N5OS/c1-14(2)27-21-18(13-25-27)17(12-19(26-21)20-8-7-15(3)29-20)22(28)24-11-9-16-6-4-5-10-23-16/h4-8,10,12-14H,9,11H2,1-3H3,(H,24,28). The monoisotopic (exact) mass is 405 g/mol. The van der Waals surface area contributed by atoms with Crippen LogP contribution in [0.2, 0.25) is 0 Å². The van der Waals surface area contributed by atoms with Gasteiger partial charge in [-0.05, 0) is 51.1 Å². The molecule has 0 aromatic carbocycles. The maximum Gasteiger partial charge on any atom is 0.252 e. The summed E-state index contributed by atoms with van der Waals surface area (Å²) in [6.45, 7) is 6.70. The van der Waals surface area contributed by atoms with Crippen LogP contribution in [-0.4, -0.2) is 32.2 Å². The number of aromatic nitrogens is 4. The van der Waals surface area contributed by atoms with E-state index in [9.17, 15) is 4.79 Å². The number of hydrogen-bond acceptors (Lipinski definition) is 5. The van der Waals surface area contributed by atoms with Gasteiger partial charge < -0.3 is 5.32 Å². The van der Waals surface area contributed by atoms with Crippen LogP contribution >= 0.6 is 11.3 Å². The average Bonchev–Trinajstić information content (AvgIpc) is 3.34. The molecule has 1 amide bonds. The Kier molecular flexibility index (Phi) is 5.40.